The van der Waals surface area contributed by atoms with Crippen molar-refractivity contribution in [3.8, 4) is 0 Å². The molecule has 1 N–H and O–H groups in total. The summed E-state index contributed by atoms with van der Waals surface area (Å²) < 4.78 is 0. The molecule has 0 aromatic heterocycles. The molecular formula is C18H36O2. The van der Waals surface area contributed by atoms with Crippen molar-refractivity contribution in [3.63, 3.8) is 0 Å². The maximum Gasteiger partial charge on any atom is 0.306 e. The van der Waals surface area contributed by atoms with Crippen LogP contribution in [0.5, 0.6) is 0 Å². The molecule has 0 heterocycles. The largest absolute Gasteiger partial charge is 0.481 e. The van der Waals surface area contributed by atoms with E-state index >= 15 is 0 Å². The van der Waals surface area contributed by atoms with Gasteiger partial charge in [-0.25, -0.2) is 0 Å². The Morgan fingerprint density at radius 3 is 1.80 bits per heavy atom. The molecule has 0 saturated carbocycles. The molecule has 1 unspecified atom stereocenters. The molecule has 0 spiro atoms. The Morgan fingerprint density at radius 2 is 1.35 bits per heavy atom. The summed E-state index contributed by atoms with van der Waals surface area (Å²) in [4.78, 5) is 11.3. The highest BCUT2D eigenvalue weighted by atomic mass is 16.4. The van der Waals surface area contributed by atoms with Gasteiger partial charge in [-0.3, -0.25) is 4.79 Å². The number of hydrogen-bond acceptors (Lipinski definition) is 1. The van der Waals surface area contributed by atoms with Gasteiger partial charge in [-0.05, 0) is 18.8 Å². The second-order valence-electron chi connectivity index (χ2n) is 6.22. The minimum absolute atomic E-state index is 0.111. The maximum atomic E-state index is 11.3. The molecule has 0 rings (SSSR count). The van der Waals surface area contributed by atoms with E-state index in [0.717, 1.165) is 32.1 Å². The molecular weight excluding hydrogens is 248 g/mol. The molecule has 0 aromatic carbocycles. The number of hydrogen-bond donors (Lipinski definition) is 1. The van der Waals surface area contributed by atoms with E-state index in [1.165, 1.54) is 44.9 Å². The summed E-state index contributed by atoms with van der Waals surface area (Å²) in [6.45, 7) is 6.58. The van der Waals surface area contributed by atoms with E-state index in [4.69, 9.17) is 0 Å². The lowest BCUT2D eigenvalue weighted by molar-refractivity contribution is -0.142. The zero-order valence-electron chi connectivity index (χ0n) is 14.0. The van der Waals surface area contributed by atoms with Gasteiger partial charge in [0.05, 0.1) is 5.92 Å². The summed E-state index contributed by atoms with van der Waals surface area (Å²) in [6, 6.07) is 0. The summed E-state index contributed by atoms with van der Waals surface area (Å²) >= 11 is 0. The zero-order valence-corrected chi connectivity index (χ0v) is 14.0. The van der Waals surface area contributed by atoms with Gasteiger partial charge in [0.2, 0.25) is 0 Å². The van der Waals surface area contributed by atoms with Gasteiger partial charge >= 0.3 is 5.97 Å². The van der Waals surface area contributed by atoms with Crippen LogP contribution in [0, 0.1) is 11.8 Å². The Balaban J connectivity index is 3.68. The first-order valence-electron chi connectivity index (χ1n) is 8.88. The van der Waals surface area contributed by atoms with Crippen LogP contribution in [0.15, 0.2) is 0 Å². The first-order valence-corrected chi connectivity index (χ1v) is 8.88. The normalized spacial score (nSPS) is 12.8. The Morgan fingerprint density at radius 1 is 0.850 bits per heavy atom. The summed E-state index contributed by atoms with van der Waals surface area (Å²) in [5.74, 6) is -0.106. The fraction of sp³-hybridized carbons (Fsp3) is 0.944. The van der Waals surface area contributed by atoms with Crippen LogP contribution in [0.2, 0.25) is 0 Å². The average Bonchev–Trinajstić information content (AvgIpc) is 2.44. The monoisotopic (exact) mass is 284 g/mol. The lowest BCUT2D eigenvalue weighted by atomic mass is 9.87. The molecule has 0 radical (unpaired) electrons. The number of carbonyl (C=O) groups is 1. The van der Waals surface area contributed by atoms with Crippen LogP contribution < -0.4 is 0 Å². The summed E-state index contributed by atoms with van der Waals surface area (Å²) in [7, 11) is 0. The lowest BCUT2D eigenvalue weighted by Crippen LogP contribution is -2.17. The Labute approximate surface area is 126 Å². The molecule has 0 amide bonds. The third-order valence-corrected chi connectivity index (χ3v) is 4.53. The van der Waals surface area contributed by atoms with Gasteiger partial charge in [0.25, 0.3) is 0 Å². The van der Waals surface area contributed by atoms with Crippen LogP contribution >= 0.6 is 0 Å². The molecule has 0 aliphatic heterocycles. The van der Waals surface area contributed by atoms with Crippen LogP contribution in [0.1, 0.15) is 97.8 Å². The van der Waals surface area contributed by atoms with E-state index < -0.39 is 5.97 Å². The standard InChI is InChI=1S/C18H36O2/c1-4-7-8-9-10-11-12-13-14-17(18(19)20)15-16(5-2)6-3/h16-17H,4-15H2,1-3H3,(H,19,20). The molecule has 0 aliphatic rings. The van der Waals surface area contributed by atoms with E-state index in [9.17, 15) is 9.90 Å². The van der Waals surface area contributed by atoms with Crippen LogP contribution in [0.25, 0.3) is 0 Å². The highest BCUT2D eigenvalue weighted by Gasteiger charge is 2.20. The predicted molar refractivity (Wildman–Crippen MR) is 87.0 cm³/mol. The first-order chi connectivity index (χ1) is 9.65. The second kappa shape index (κ2) is 13.5. The van der Waals surface area contributed by atoms with Crippen molar-refractivity contribution >= 4 is 5.97 Å². The van der Waals surface area contributed by atoms with E-state index in [0.29, 0.717) is 5.92 Å². The third kappa shape index (κ3) is 10.3. The van der Waals surface area contributed by atoms with Crippen LogP contribution in [0.3, 0.4) is 0 Å². The van der Waals surface area contributed by atoms with E-state index in [2.05, 4.69) is 20.8 Å². The highest BCUT2D eigenvalue weighted by Crippen LogP contribution is 2.24. The Bertz CT molecular complexity index is 221. The Kier molecular flexibility index (Phi) is 13.1. The van der Waals surface area contributed by atoms with Crippen molar-refractivity contribution in [1.29, 1.82) is 0 Å². The molecule has 0 saturated heterocycles. The van der Waals surface area contributed by atoms with Crippen molar-refractivity contribution in [2.45, 2.75) is 97.8 Å². The maximum absolute atomic E-state index is 11.3. The van der Waals surface area contributed by atoms with Crippen LogP contribution in [0.4, 0.5) is 0 Å². The zero-order chi connectivity index (χ0) is 15.2. The predicted octanol–water partition coefficient (Wildman–Crippen LogP) is 6.04. The van der Waals surface area contributed by atoms with Crippen molar-refractivity contribution in [2.75, 3.05) is 0 Å². The SMILES string of the molecule is CCCCCCCCCCC(CC(CC)CC)C(=O)O. The fourth-order valence-corrected chi connectivity index (χ4v) is 2.89. The molecule has 0 fully saturated rings. The van der Waals surface area contributed by atoms with Gasteiger partial charge in [0.15, 0.2) is 0 Å². The van der Waals surface area contributed by atoms with Gasteiger partial charge in [-0.1, -0.05) is 85.0 Å². The molecule has 2 nitrogen and oxygen atoms in total. The smallest absolute Gasteiger partial charge is 0.306 e. The summed E-state index contributed by atoms with van der Waals surface area (Å²) in [6.07, 6.45) is 14.2. The summed E-state index contributed by atoms with van der Waals surface area (Å²) in [5.41, 5.74) is 0. The minimum Gasteiger partial charge on any atom is -0.481 e. The molecule has 0 aromatic rings. The minimum atomic E-state index is -0.583. The molecule has 0 aliphatic carbocycles. The van der Waals surface area contributed by atoms with Gasteiger partial charge in [-0.15, -0.1) is 0 Å². The third-order valence-electron chi connectivity index (χ3n) is 4.53. The van der Waals surface area contributed by atoms with Crippen molar-refractivity contribution < 1.29 is 9.90 Å². The average molecular weight is 284 g/mol. The molecule has 2 heteroatoms. The van der Waals surface area contributed by atoms with E-state index in [1.807, 2.05) is 0 Å². The molecule has 120 valence electrons. The second-order valence-corrected chi connectivity index (χ2v) is 6.22. The van der Waals surface area contributed by atoms with Crippen molar-refractivity contribution in [2.24, 2.45) is 11.8 Å². The first kappa shape index (κ1) is 19.5. The Hall–Kier alpha value is -0.530. The van der Waals surface area contributed by atoms with E-state index in [-0.39, 0.29) is 5.92 Å². The van der Waals surface area contributed by atoms with Gasteiger partial charge in [0.1, 0.15) is 0 Å². The quantitative estimate of drug-likeness (QED) is 0.394. The number of carboxylic acids is 1. The van der Waals surface area contributed by atoms with Gasteiger partial charge < -0.3 is 5.11 Å². The van der Waals surface area contributed by atoms with Gasteiger partial charge in [0, 0.05) is 0 Å². The lowest BCUT2D eigenvalue weighted by Gasteiger charge is -2.18. The van der Waals surface area contributed by atoms with Crippen molar-refractivity contribution in [3.05, 3.63) is 0 Å². The molecule has 0 bridgehead atoms. The number of aliphatic carboxylic acids is 1. The number of carboxylic acid groups (broad SMARTS) is 1. The topological polar surface area (TPSA) is 37.3 Å². The molecule has 1 atom stereocenters. The van der Waals surface area contributed by atoms with Crippen LogP contribution in [-0.2, 0) is 4.79 Å². The molecule has 20 heavy (non-hydrogen) atoms. The highest BCUT2D eigenvalue weighted by molar-refractivity contribution is 5.69. The number of rotatable bonds is 14. The fourth-order valence-electron chi connectivity index (χ4n) is 2.89. The van der Waals surface area contributed by atoms with Gasteiger partial charge in [-0.2, -0.15) is 0 Å². The number of unbranched alkanes of at least 4 members (excludes halogenated alkanes) is 7. The summed E-state index contributed by atoms with van der Waals surface area (Å²) in [5, 5.41) is 9.31. The van der Waals surface area contributed by atoms with Crippen LogP contribution in [-0.4, -0.2) is 11.1 Å². The van der Waals surface area contributed by atoms with E-state index in [1.54, 1.807) is 0 Å². The van der Waals surface area contributed by atoms with Crippen molar-refractivity contribution in [1.82, 2.24) is 0 Å².